The minimum Gasteiger partial charge on any atom is -0.493 e. The average molecular weight is 364 g/mol. The second-order valence-corrected chi connectivity index (χ2v) is 5.63. The lowest BCUT2D eigenvalue weighted by Gasteiger charge is -2.11. The van der Waals surface area contributed by atoms with Crippen LogP contribution in [0.4, 0.5) is 11.4 Å². The molecule has 3 aromatic rings. The largest absolute Gasteiger partial charge is 0.493 e. The Labute approximate surface area is 157 Å². The lowest BCUT2D eigenvalue weighted by Crippen LogP contribution is -2.24. The van der Waals surface area contributed by atoms with Crippen molar-refractivity contribution >= 4 is 17.3 Å². The third kappa shape index (κ3) is 4.72. The summed E-state index contributed by atoms with van der Waals surface area (Å²) >= 11 is 0. The van der Waals surface area contributed by atoms with E-state index in [4.69, 9.17) is 9.47 Å². The van der Waals surface area contributed by atoms with Crippen LogP contribution in [-0.4, -0.2) is 30.1 Å². The first-order chi connectivity index (χ1) is 13.2. The van der Waals surface area contributed by atoms with Crippen LogP contribution in [-0.2, 0) is 6.54 Å². The van der Waals surface area contributed by atoms with Crippen molar-refractivity contribution in [3.8, 4) is 11.5 Å². The van der Waals surface area contributed by atoms with E-state index in [0.717, 1.165) is 17.1 Å². The van der Waals surface area contributed by atoms with Crippen LogP contribution in [0.25, 0.3) is 0 Å². The summed E-state index contributed by atoms with van der Waals surface area (Å²) in [7, 11) is 3.17. The Bertz CT molecular complexity index is 899. The monoisotopic (exact) mass is 364 g/mol. The zero-order chi connectivity index (χ0) is 19.1. The number of nitrogens with one attached hydrogen (secondary N) is 2. The summed E-state index contributed by atoms with van der Waals surface area (Å²) in [5, 5.41) is 6.01. The number of amides is 1. The molecule has 27 heavy (non-hydrogen) atoms. The lowest BCUT2D eigenvalue weighted by atomic mass is 10.2. The van der Waals surface area contributed by atoms with Crippen LogP contribution in [0, 0.1) is 0 Å². The lowest BCUT2D eigenvalue weighted by molar-refractivity contribution is 0.0945. The third-order valence-corrected chi connectivity index (χ3v) is 3.82. The van der Waals surface area contributed by atoms with Crippen LogP contribution in [0.5, 0.6) is 11.5 Å². The molecule has 0 bridgehead atoms. The van der Waals surface area contributed by atoms with Gasteiger partial charge < -0.3 is 20.1 Å². The number of carbonyl (C=O) groups excluding carboxylic acids is 1. The van der Waals surface area contributed by atoms with Crippen molar-refractivity contribution < 1.29 is 14.3 Å². The minimum absolute atomic E-state index is 0.252. The smallest absolute Gasteiger partial charge is 0.270 e. The van der Waals surface area contributed by atoms with Crippen molar-refractivity contribution in [1.82, 2.24) is 15.3 Å². The number of nitrogens with zero attached hydrogens (tertiary/aromatic N) is 2. The van der Waals surface area contributed by atoms with Gasteiger partial charge in [0.1, 0.15) is 5.69 Å². The van der Waals surface area contributed by atoms with E-state index < -0.39 is 0 Å². The number of carbonyl (C=O) groups is 1. The van der Waals surface area contributed by atoms with Gasteiger partial charge in [0.15, 0.2) is 11.5 Å². The van der Waals surface area contributed by atoms with Crippen LogP contribution < -0.4 is 20.1 Å². The molecule has 0 aliphatic rings. The number of methoxy groups -OCH3 is 2. The highest BCUT2D eigenvalue weighted by molar-refractivity contribution is 5.92. The van der Waals surface area contributed by atoms with Crippen molar-refractivity contribution in [2.24, 2.45) is 0 Å². The van der Waals surface area contributed by atoms with Gasteiger partial charge in [0.25, 0.3) is 5.91 Å². The Hall–Kier alpha value is -3.61. The van der Waals surface area contributed by atoms with Crippen LogP contribution in [0.2, 0.25) is 0 Å². The molecule has 2 heterocycles. The fourth-order valence-corrected chi connectivity index (χ4v) is 2.45. The number of benzene rings is 1. The maximum Gasteiger partial charge on any atom is 0.270 e. The van der Waals surface area contributed by atoms with Gasteiger partial charge in [0.2, 0.25) is 0 Å². The maximum absolute atomic E-state index is 12.2. The molecule has 138 valence electrons. The van der Waals surface area contributed by atoms with Crippen LogP contribution in [0.3, 0.4) is 0 Å². The Morgan fingerprint density at radius 1 is 0.963 bits per heavy atom. The normalized spacial score (nSPS) is 10.1. The highest BCUT2D eigenvalue weighted by Gasteiger charge is 2.08. The summed E-state index contributed by atoms with van der Waals surface area (Å²) < 4.78 is 10.5. The topological polar surface area (TPSA) is 85.4 Å². The quantitative estimate of drug-likeness (QED) is 0.670. The molecule has 0 atom stereocenters. The number of pyridine rings is 2. The van der Waals surface area contributed by atoms with Gasteiger partial charge in [-0.05, 0) is 36.4 Å². The fourth-order valence-electron chi connectivity index (χ4n) is 2.45. The second-order valence-electron chi connectivity index (χ2n) is 5.63. The molecule has 2 aromatic heterocycles. The highest BCUT2D eigenvalue weighted by atomic mass is 16.5. The maximum atomic E-state index is 12.2. The predicted molar refractivity (Wildman–Crippen MR) is 102 cm³/mol. The summed E-state index contributed by atoms with van der Waals surface area (Å²) in [6.45, 7) is 0.354. The summed E-state index contributed by atoms with van der Waals surface area (Å²) in [5.74, 6) is 1.03. The van der Waals surface area contributed by atoms with Crippen LogP contribution in [0.1, 0.15) is 16.2 Å². The van der Waals surface area contributed by atoms with Crippen molar-refractivity contribution in [3.05, 3.63) is 72.3 Å². The molecule has 0 radical (unpaired) electrons. The van der Waals surface area contributed by atoms with Crippen LogP contribution >= 0.6 is 0 Å². The predicted octanol–water partition coefficient (Wildman–Crippen LogP) is 3.17. The van der Waals surface area contributed by atoms with E-state index >= 15 is 0 Å². The van der Waals surface area contributed by atoms with E-state index in [1.807, 2.05) is 36.4 Å². The van der Waals surface area contributed by atoms with Crippen molar-refractivity contribution in [2.75, 3.05) is 19.5 Å². The van der Waals surface area contributed by atoms with Gasteiger partial charge in [-0.25, -0.2) is 4.98 Å². The van der Waals surface area contributed by atoms with Crippen LogP contribution in [0.15, 0.2) is 60.9 Å². The number of hydrogen-bond donors (Lipinski definition) is 2. The molecule has 7 heteroatoms. The van der Waals surface area contributed by atoms with Gasteiger partial charge >= 0.3 is 0 Å². The van der Waals surface area contributed by atoms with Gasteiger partial charge in [-0.15, -0.1) is 0 Å². The van der Waals surface area contributed by atoms with Gasteiger partial charge in [-0.3, -0.25) is 9.78 Å². The third-order valence-electron chi connectivity index (χ3n) is 3.82. The zero-order valence-corrected chi connectivity index (χ0v) is 15.1. The molecule has 0 aliphatic carbocycles. The number of ether oxygens (including phenoxy) is 2. The van der Waals surface area contributed by atoms with Gasteiger partial charge in [0.05, 0.1) is 38.3 Å². The van der Waals surface area contributed by atoms with Crippen molar-refractivity contribution in [2.45, 2.75) is 6.54 Å². The number of rotatable bonds is 7. The molecule has 0 saturated heterocycles. The summed E-state index contributed by atoms with van der Waals surface area (Å²) in [6.07, 6.45) is 3.29. The van der Waals surface area contributed by atoms with Gasteiger partial charge in [-0.2, -0.15) is 0 Å². The molecule has 2 N–H and O–H groups in total. The molecule has 0 spiro atoms. The first-order valence-electron chi connectivity index (χ1n) is 8.33. The molecule has 0 saturated carbocycles. The van der Waals surface area contributed by atoms with E-state index in [1.54, 1.807) is 38.7 Å². The fraction of sp³-hybridized carbons (Fsp3) is 0.150. The Balaban J connectivity index is 1.62. The van der Waals surface area contributed by atoms with Gasteiger partial charge in [-0.1, -0.05) is 6.07 Å². The standard InChI is InChI=1S/C20H20N4O3/c1-26-18-9-7-14(11-19(18)27-2)24-16-6-8-17(22-13-16)20(25)23-12-15-5-3-4-10-21-15/h3-11,13,24H,12H2,1-2H3,(H,23,25). The Kier molecular flexibility index (Phi) is 5.84. The van der Waals surface area contributed by atoms with Crippen molar-refractivity contribution in [1.29, 1.82) is 0 Å². The molecule has 0 aliphatic heterocycles. The van der Waals surface area contributed by atoms with E-state index in [2.05, 4.69) is 20.6 Å². The summed E-state index contributed by atoms with van der Waals surface area (Å²) in [4.78, 5) is 20.6. The molecule has 1 amide bonds. The van der Waals surface area contributed by atoms with Crippen molar-refractivity contribution in [3.63, 3.8) is 0 Å². The van der Waals surface area contributed by atoms with E-state index in [1.165, 1.54) is 0 Å². The molecular weight excluding hydrogens is 344 g/mol. The highest BCUT2D eigenvalue weighted by Crippen LogP contribution is 2.30. The molecule has 0 unspecified atom stereocenters. The number of hydrogen-bond acceptors (Lipinski definition) is 6. The van der Waals surface area contributed by atoms with E-state index in [9.17, 15) is 4.79 Å². The number of aromatic nitrogens is 2. The molecule has 1 aromatic carbocycles. The molecular formula is C20H20N4O3. The molecule has 3 rings (SSSR count). The molecule has 7 nitrogen and oxygen atoms in total. The summed E-state index contributed by atoms with van der Waals surface area (Å²) in [6, 6.07) is 14.5. The van der Waals surface area contributed by atoms with E-state index in [-0.39, 0.29) is 5.91 Å². The summed E-state index contributed by atoms with van der Waals surface area (Å²) in [5.41, 5.74) is 2.70. The van der Waals surface area contributed by atoms with E-state index in [0.29, 0.717) is 23.7 Å². The Morgan fingerprint density at radius 3 is 2.44 bits per heavy atom. The minimum atomic E-state index is -0.252. The Morgan fingerprint density at radius 2 is 1.78 bits per heavy atom. The first kappa shape index (κ1) is 18.2. The number of anilines is 2. The average Bonchev–Trinajstić information content (AvgIpc) is 2.73. The molecule has 0 fully saturated rings. The SMILES string of the molecule is COc1ccc(Nc2ccc(C(=O)NCc3ccccn3)nc2)cc1OC. The zero-order valence-electron chi connectivity index (χ0n) is 15.1. The first-order valence-corrected chi connectivity index (χ1v) is 8.33. The van der Waals surface area contributed by atoms with Gasteiger partial charge in [0, 0.05) is 18.0 Å². The second kappa shape index (κ2) is 8.66.